The van der Waals surface area contributed by atoms with Crippen molar-refractivity contribution < 1.29 is 13.9 Å². The minimum Gasteiger partial charge on any atom is -0.488 e. The summed E-state index contributed by atoms with van der Waals surface area (Å²) in [4.78, 5) is 11.4. The number of hydrogen-bond donors (Lipinski definition) is 0. The molecule has 0 atom stereocenters. The van der Waals surface area contributed by atoms with Crippen molar-refractivity contribution in [2.24, 2.45) is 0 Å². The van der Waals surface area contributed by atoms with E-state index >= 15 is 0 Å². The van der Waals surface area contributed by atoms with Crippen molar-refractivity contribution in [1.29, 1.82) is 5.26 Å². The second-order valence-electron chi connectivity index (χ2n) is 4.29. The summed E-state index contributed by atoms with van der Waals surface area (Å²) >= 11 is 0. The summed E-state index contributed by atoms with van der Waals surface area (Å²) < 4.78 is 18.7. The van der Waals surface area contributed by atoms with E-state index in [1.165, 1.54) is 25.1 Å². The fourth-order valence-electron chi connectivity index (χ4n) is 1.74. The van der Waals surface area contributed by atoms with E-state index in [1.54, 1.807) is 24.3 Å². The van der Waals surface area contributed by atoms with Crippen molar-refractivity contribution in [2.45, 2.75) is 13.5 Å². The number of halogens is 1. The largest absolute Gasteiger partial charge is 0.488 e. The average molecular weight is 269 g/mol. The predicted octanol–water partition coefficient (Wildman–Crippen LogP) is 3.48. The molecule has 4 heteroatoms. The molecule has 0 N–H and O–H groups in total. The predicted molar refractivity (Wildman–Crippen MR) is 71.9 cm³/mol. The van der Waals surface area contributed by atoms with Crippen LogP contribution in [0.3, 0.4) is 0 Å². The van der Waals surface area contributed by atoms with Gasteiger partial charge in [-0.3, -0.25) is 4.79 Å². The Morgan fingerprint density at radius 2 is 1.95 bits per heavy atom. The van der Waals surface area contributed by atoms with Crippen LogP contribution in [0.15, 0.2) is 42.5 Å². The zero-order valence-corrected chi connectivity index (χ0v) is 10.9. The molecule has 3 nitrogen and oxygen atoms in total. The highest BCUT2D eigenvalue weighted by Crippen LogP contribution is 2.21. The molecule has 20 heavy (non-hydrogen) atoms. The highest BCUT2D eigenvalue weighted by atomic mass is 19.1. The molecule has 2 rings (SSSR count). The Kier molecular flexibility index (Phi) is 4.11. The van der Waals surface area contributed by atoms with Crippen LogP contribution >= 0.6 is 0 Å². The van der Waals surface area contributed by atoms with E-state index in [9.17, 15) is 9.18 Å². The van der Waals surface area contributed by atoms with E-state index in [0.29, 0.717) is 11.1 Å². The number of carbonyl (C=O) groups is 1. The summed E-state index contributed by atoms with van der Waals surface area (Å²) in [7, 11) is 0. The van der Waals surface area contributed by atoms with Gasteiger partial charge < -0.3 is 4.74 Å². The fraction of sp³-hybridized carbons (Fsp3) is 0.125. The van der Waals surface area contributed by atoms with Gasteiger partial charge in [0.25, 0.3) is 0 Å². The Balaban J connectivity index is 2.15. The van der Waals surface area contributed by atoms with Gasteiger partial charge in [0, 0.05) is 6.07 Å². The zero-order chi connectivity index (χ0) is 14.5. The Labute approximate surface area is 116 Å². The Morgan fingerprint density at radius 3 is 2.55 bits per heavy atom. The minimum atomic E-state index is -0.454. The lowest BCUT2D eigenvalue weighted by Crippen LogP contribution is -2.02. The lowest BCUT2D eigenvalue weighted by atomic mass is 10.1. The molecule has 0 heterocycles. The first kappa shape index (κ1) is 13.8. The number of nitriles is 1. The van der Waals surface area contributed by atoms with Gasteiger partial charge in [-0.05, 0) is 36.8 Å². The van der Waals surface area contributed by atoms with Crippen LogP contribution in [0.4, 0.5) is 4.39 Å². The van der Waals surface area contributed by atoms with Gasteiger partial charge in [0.2, 0.25) is 0 Å². The van der Waals surface area contributed by atoms with Gasteiger partial charge in [-0.2, -0.15) is 5.26 Å². The van der Waals surface area contributed by atoms with E-state index in [-0.39, 0.29) is 18.1 Å². The SMILES string of the molecule is CC(=O)c1ccc(F)cc1OCc1ccc(C#N)cc1. The third-order valence-electron chi connectivity index (χ3n) is 2.80. The van der Waals surface area contributed by atoms with Crippen LogP contribution in [0.2, 0.25) is 0 Å². The average Bonchev–Trinajstić information content (AvgIpc) is 2.45. The topological polar surface area (TPSA) is 50.1 Å². The van der Waals surface area contributed by atoms with E-state index in [0.717, 1.165) is 5.56 Å². The standard InChI is InChI=1S/C16H12FNO2/c1-11(19)15-7-6-14(17)8-16(15)20-10-13-4-2-12(9-18)3-5-13/h2-8H,10H2,1H3. The van der Waals surface area contributed by atoms with Crippen LogP contribution in [-0.2, 0) is 6.61 Å². The first-order valence-electron chi connectivity index (χ1n) is 6.02. The molecule has 2 aromatic carbocycles. The third-order valence-corrected chi connectivity index (χ3v) is 2.80. The molecule has 0 aliphatic carbocycles. The van der Waals surface area contributed by atoms with Crippen molar-refractivity contribution in [1.82, 2.24) is 0 Å². The molecule has 0 saturated heterocycles. The second-order valence-corrected chi connectivity index (χ2v) is 4.29. The maximum atomic E-state index is 13.2. The summed E-state index contributed by atoms with van der Waals surface area (Å²) in [5.41, 5.74) is 1.74. The van der Waals surface area contributed by atoms with Crippen molar-refractivity contribution >= 4 is 5.78 Å². The van der Waals surface area contributed by atoms with Crippen molar-refractivity contribution in [3.8, 4) is 11.8 Å². The smallest absolute Gasteiger partial charge is 0.163 e. The number of ether oxygens (including phenoxy) is 1. The van der Waals surface area contributed by atoms with Crippen molar-refractivity contribution in [3.05, 3.63) is 65.0 Å². The molecule has 0 bridgehead atoms. The molecule has 0 fully saturated rings. The fourth-order valence-corrected chi connectivity index (χ4v) is 1.74. The summed E-state index contributed by atoms with van der Waals surface area (Å²) in [6.45, 7) is 1.61. The van der Waals surface area contributed by atoms with Crippen LogP contribution in [0.1, 0.15) is 28.4 Å². The summed E-state index contributed by atoms with van der Waals surface area (Å²) in [5, 5.41) is 8.70. The molecule has 0 unspecified atom stereocenters. The van der Waals surface area contributed by atoms with Gasteiger partial charge in [0.15, 0.2) is 5.78 Å². The highest BCUT2D eigenvalue weighted by molar-refractivity contribution is 5.96. The maximum Gasteiger partial charge on any atom is 0.163 e. The van der Waals surface area contributed by atoms with Crippen LogP contribution in [-0.4, -0.2) is 5.78 Å². The summed E-state index contributed by atoms with van der Waals surface area (Å²) in [5.74, 6) is -0.411. The normalized spacial score (nSPS) is 9.85. The number of Topliss-reactive ketones (excluding diaryl/α,β-unsaturated/α-hetero) is 1. The lowest BCUT2D eigenvalue weighted by molar-refractivity contribution is 0.101. The number of ketones is 1. The second kappa shape index (κ2) is 5.98. The number of benzene rings is 2. The molecule has 0 aliphatic rings. The molecular weight excluding hydrogens is 257 g/mol. The van der Waals surface area contributed by atoms with Crippen LogP contribution in [0, 0.1) is 17.1 Å². The molecule has 0 radical (unpaired) electrons. The maximum absolute atomic E-state index is 13.2. The zero-order valence-electron chi connectivity index (χ0n) is 10.9. The van der Waals surface area contributed by atoms with E-state index in [2.05, 4.69) is 0 Å². The Morgan fingerprint density at radius 1 is 1.25 bits per heavy atom. The molecule has 0 amide bonds. The molecule has 0 saturated carbocycles. The van der Waals surface area contributed by atoms with Crippen LogP contribution in [0.5, 0.6) is 5.75 Å². The van der Waals surface area contributed by atoms with Gasteiger partial charge in [-0.1, -0.05) is 12.1 Å². The van der Waals surface area contributed by atoms with Crippen molar-refractivity contribution in [3.63, 3.8) is 0 Å². The molecule has 2 aromatic rings. The first-order chi connectivity index (χ1) is 9.60. The van der Waals surface area contributed by atoms with Crippen LogP contribution < -0.4 is 4.74 Å². The van der Waals surface area contributed by atoms with E-state index in [1.807, 2.05) is 6.07 Å². The summed E-state index contributed by atoms with van der Waals surface area (Å²) in [6, 6.07) is 12.7. The quantitative estimate of drug-likeness (QED) is 0.798. The molecule has 0 spiro atoms. The minimum absolute atomic E-state index is 0.181. The lowest BCUT2D eigenvalue weighted by Gasteiger charge is -2.10. The molecule has 0 aliphatic heterocycles. The Hall–Kier alpha value is -2.67. The van der Waals surface area contributed by atoms with Gasteiger partial charge >= 0.3 is 0 Å². The number of nitrogens with zero attached hydrogens (tertiary/aromatic N) is 1. The molecule has 100 valence electrons. The van der Waals surface area contributed by atoms with Gasteiger partial charge in [-0.25, -0.2) is 4.39 Å². The first-order valence-corrected chi connectivity index (χ1v) is 6.02. The van der Waals surface area contributed by atoms with Gasteiger partial charge in [0.05, 0.1) is 17.2 Å². The number of rotatable bonds is 4. The summed E-state index contributed by atoms with van der Waals surface area (Å²) in [6.07, 6.45) is 0. The van der Waals surface area contributed by atoms with Crippen LogP contribution in [0.25, 0.3) is 0 Å². The van der Waals surface area contributed by atoms with E-state index in [4.69, 9.17) is 10.00 Å². The van der Waals surface area contributed by atoms with Gasteiger partial charge in [0.1, 0.15) is 18.2 Å². The van der Waals surface area contributed by atoms with Crippen molar-refractivity contribution in [2.75, 3.05) is 0 Å². The highest BCUT2D eigenvalue weighted by Gasteiger charge is 2.10. The van der Waals surface area contributed by atoms with Gasteiger partial charge in [-0.15, -0.1) is 0 Å². The monoisotopic (exact) mass is 269 g/mol. The Bertz CT molecular complexity index is 672. The van der Waals surface area contributed by atoms with E-state index < -0.39 is 5.82 Å². The molecule has 0 aromatic heterocycles. The molecular formula is C16H12FNO2. The number of carbonyl (C=O) groups excluding carboxylic acids is 1. The third kappa shape index (κ3) is 3.21. The number of hydrogen-bond acceptors (Lipinski definition) is 3.